The zero-order valence-corrected chi connectivity index (χ0v) is 11.5. The van der Waals surface area contributed by atoms with E-state index in [-0.39, 0.29) is 0 Å². The van der Waals surface area contributed by atoms with Gasteiger partial charge in [-0.25, -0.2) is 0 Å². The van der Waals surface area contributed by atoms with Crippen molar-refractivity contribution in [3.05, 3.63) is 48.0 Å². The Morgan fingerprint density at radius 1 is 1.06 bits per heavy atom. The molecule has 0 aromatic heterocycles. The number of halogens is 1. The molecule has 0 N–H and O–H groups in total. The molecule has 2 aromatic rings. The molecular weight excluding hydrogens is 272 g/mol. The smallest absolute Gasteiger partial charge is 0.0177 e. The van der Waals surface area contributed by atoms with E-state index in [0.717, 1.165) is 10.7 Å². The lowest BCUT2D eigenvalue weighted by Crippen LogP contribution is -2.02. The number of alkyl halides is 1. The van der Waals surface area contributed by atoms with Crippen molar-refractivity contribution in [3.8, 4) is 0 Å². The number of fused-ring (bicyclic) bond motifs is 1. The van der Waals surface area contributed by atoms with Crippen LogP contribution in [0, 0.1) is 5.92 Å². The third kappa shape index (κ3) is 2.55. The van der Waals surface area contributed by atoms with Gasteiger partial charge in [0.05, 0.1) is 0 Å². The summed E-state index contributed by atoms with van der Waals surface area (Å²) in [6.07, 6.45) is 5.29. The van der Waals surface area contributed by atoms with E-state index in [1.807, 2.05) is 0 Å². The second kappa shape index (κ2) is 4.81. The summed E-state index contributed by atoms with van der Waals surface area (Å²) >= 11 is 3.83. The van der Waals surface area contributed by atoms with Gasteiger partial charge in [-0.05, 0) is 47.9 Å². The van der Waals surface area contributed by atoms with Crippen LogP contribution in [-0.4, -0.2) is 4.83 Å². The average molecular weight is 289 g/mol. The maximum absolute atomic E-state index is 3.83. The Morgan fingerprint density at radius 3 is 2.65 bits per heavy atom. The van der Waals surface area contributed by atoms with E-state index in [1.165, 1.54) is 42.0 Å². The van der Waals surface area contributed by atoms with E-state index in [9.17, 15) is 0 Å². The summed E-state index contributed by atoms with van der Waals surface area (Å²) in [6.45, 7) is 0. The van der Waals surface area contributed by atoms with Crippen LogP contribution >= 0.6 is 15.9 Å². The van der Waals surface area contributed by atoms with Crippen molar-refractivity contribution in [2.75, 3.05) is 0 Å². The predicted molar refractivity (Wildman–Crippen MR) is 77.7 cm³/mol. The molecule has 0 aliphatic heterocycles. The van der Waals surface area contributed by atoms with Crippen molar-refractivity contribution in [1.29, 1.82) is 0 Å². The van der Waals surface area contributed by atoms with Crippen molar-refractivity contribution >= 4 is 26.7 Å². The monoisotopic (exact) mass is 288 g/mol. The van der Waals surface area contributed by atoms with Gasteiger partial charge in [0.15, 0.2) is 0 Å². The van der Waals surface area contributed by atoms with Crippen LogP contribution in [0.2, 0.25) is 0 Å². The van der Waals surface area contributed by atoms with E-state index < -0.39 is 0 Å². The molecule has 0 saturated heterocycles. The maximum Gasteiger partial charge on any atom is 0.0177 e. The molecule has 1 fully saturated rings. The fourth-order valence-electron chi connectivity index (χ4n) is 2.50. The van der Waals surface area contributed by atoms with E-state index in [1.54, 1.807) is 0 Å². The van der Waals surface area contributed by atoms with Gasteiger partial charge >= 0.3 is 0 Å². The highest BCUT2D eigenvalue weighted by atomic mass is 79.9. The molecule has 0 bridgehead atoms. The largest absolute Gasteiger partial charge is 0.0888 e. The van der Waals surface area contributed by atoms with Crippen LogP contribution in [0.3, 0.4) is 0 Å². The minimum Gasteiger partial charge on any atom is -0.0888 e. The Bertz CT molecular complexity index is 508. The van der Waals surface area contributed by atoms with Crippen molar-refractivity contribution in [3.63, 3.8) is 0 Å². The lowest BCUT2D eigenvalue weighted by Gasteiger charge is -2.10. The van der Waals surface area contributed by atoms with Gasteiger partial charge in [-0.3, -0.25) is 0 Å². The number of hydrogen-bond donors (Lipinski definition) is 0. The molecule has 0 heterocycles. The first kappa shape index (κ1) is 11.3. The summed E-state index contributed by atoms with van der Waals surface area (Å²) in [4.78, 5) is 0.724. The zero-order valence-electron chi connectivity index (χ0n) is 9.90. The molecule has 1 aliphatic rings. The highest BCUT2D eigenvalue weighted by molar-refractivity contribution is 9.09. The Kier molecular flexibility index (Phi) is 3.19. The van der Waals surface area contributed by atoms with E-state index in [0.29, 0.717) is 0 Å². The molecule has 1 aliphatic carbocycles. The van der Waals surface area contributed by atoms with Crippen LogP contribution in [0.5, 0.6) is 0 Å². The molecule has 1 atom stereocenters. The number of hydrogen-bond acceptors (Lipinski definition) is 0. The summed E-state index contributed by atoms with van der Waals surface area (Å²) < 4.78 is 0. The van der Waals surface area contributed by atoms with Crippen molar-refractivity contribution in [1.82, 2.24) is 0 Å². The van der Waals surface area contributed by atoms with Crippen LogP contribution in [0.1, 0.15) is 24.8 Å². The SMILES string of the molecule is BrC(CCc1cccc2ccccc12)C1CC1. The Labute approximate surface area is 111 Å². The number of benzene rings is 2. The van der Waals surface area contributed by atoms with Crippen LogP contribution in [-0.2, 0) is 6.42 Å². The van der Waals surface area contributed by atoms with Gasteiger partial charge in [0.25, 0.3) is 0 Å². The second-order valence-corrected chi connectivity index (χ2v) is 6.21. The highest BCUT2D eigenvalue weighted by Gasteiger charge is 2.28. The molecule has 3 rings (SSSR count). The minimum absolute atomic E-state index is 0.724. The molecule has 1 heteroatoms. The van der Waals surface area contributed by atoms with Gasteiger partial charge in [0.1, 0.15) is 0 Å². The number of aryl methyl sites for hydroxylation is 1. The van der Waals surface area contributed by atoms with Gasteiger partial charge in [0.2, 0.25) is 0 Å². The highest BCUT2D eigenvalue weighted by Crippen LogP contribution is 2.38. The van der Waals surface area contributed by atoms with Gasteiger partial charge in [-0.2, -0.15) is 0 Å². The molecular formula is C16H17Br. The lowest BCUT2D eigenvalue weighted by atomic mass is 9.99. The van der Waals surface area contributed by atoms with Gasteiger partial charge in [0, 0.05) is 4.83 Å². The normalized spacial score (nSPS) is 17.2. The third-order valence-electron chi connectivity index (χ3n) is 3.70. The Hall–Kier alpha value is -0.820. The standard InChI is InChI=1S/C16H17Br/c17-16(14-8-9-14)11-10-13-6-3-5-12-4-1-2-7-15(12)13/h1-7,14,16H,8-11H2. The molecule has 0 nitrogen and oxygen atoms in total. The Morgan fingerprint density at radius 2 is 1.82 bits per heavy atom. The first-order valence-electron chi connectivity index (χ1n) is 6.45. The summed E-state index contributed by atoms with van der Waals surface area (Å²) in [5, 5.41) is 2.79. The van der Waals surface area contributed by atoms with Gasteiger partial charge < -0.3 is 0 Å². The molecule has 17 heavy (non-hydrogen) atoms. The van der Waals surface area contributed by atoms with Crippen molar-refractivity contribution < 1.29 is 0 Å². The molecule has 2 aromatic carbocycles. The van der Waals surface area contributed by atoms with Crippen LogP contribution in [0.25, 0.3) is 10.8 Å². The fourth-order valence-corrected chi connectivity index (χ4v) is 3.26. The van der Waals surface area contributed by atoms with Gasteiger partial charge in [-0.15, -0.1) is 0 Å². The average Bonchev–Trinajstić information content (AvgIpc) is 3.20. The van der Waals surface area contributed by atoms with Crippen LogP contribution in [0.4, 0.5) is 0 Å². The van der Waals surface area contributed by atoms with E-state index >= 15 is 0 Å². The molecule has 0 radical (unpaired) electrons. The van der Waals surface area contributed by atoms with Crippen LogP contribution < -0.4 is 0 Å². The topological polar surface area (TPSA) is 0 Å². The first-order valence-corrected chi connectivity index (χ1v) is 7.37. The zero-order chi connectivity index (χ0) is 11.7. The molecule has 1 saturated carbocycles. The fraction of sp³-hybridized carbons (Fsp3) is 0.375. The van der Waals surface area contributed by atoms with Gasteiger partial charge in [-0.1, -0.05) is 58.4 Å². The molecule has 1 unspecified atom stereocenters. The third-order valence-corrected chi connectivity index (χ3v) is 4.91. The molecule has 88 valence electrons. The first-order chi connectivity index (χ1) is 8.34. The summed E-state index contributed by atoms with van der Waals surface area (Å²) in [5.41, 5.74) is 1.49. The van der Waals surface area contributed by atoms with E-state index in [4.69, 9.17) is 0 Å². The van der Waals surface area contributed by atoms with Crippen LogP contribution in [0.15, 0.2) is 42.5 Å². The second-order valence-electron chi connectivity index (χ2n) is 5.03. The summed E-state index contributed by atoms with van der Waals surface area (Å²) in [7, 11) is 0. The lowest BCUT2D eigenvalue weighted by molar-refractivity contribution is 0.698. The summed E-state index contributed by atoms with van der Waals surface area (Å²) in [6, 6.07) is 15.3. The van der Waals surface area contributed by atoms with E-state index in [2.05, 4.69) is 58.4 Å². The maximum atomic E-state index is 3.83. The Balaban J connectivity index is 1.79. The molecule has 0 spiro atoms. The number of rotatable bonds is 4. The minimum atomic E-state index is 0.724. The predicted octanol–water partition coefficient (Wildman–Crippen LogP) is 4.95. The molecule has 0 amide bonds. The summed E-state index contributed by atoms with van der Waals surface area (Å²) in [5.74, 6) is 0.949. The van der Waals surface area contributed by atoms with Crippen molar-refractivity contribution in [2.45, 2.75) is 30.5 Å². The van der Waals surface area contributed by atoms with Crippen molar-refractivity contribution in [2.24, 2.45) is 5.92 Å². The quantitative estimate of drug-likeness (QED) is 0.699.